The molecule has 4 rings (SSSR count). The van der Waals surface area contributed by atoms with Crippen molar-refractivity contribution in [3.63, 3.8) is 0 Å². The van der Waals surface area contributed by atoms with Crippen LogP contribution in [-0.2, 0) is 11.3 Å². The smallest absolute Gasteiger partial charge is 0.236 e. The van der Waals surface area contributed by atoms with Crippen LogP contribution in [0.15, 0.2) is 28.2 Å². The lowest BCUT2D eigenvalue weighted by molar-refractivity contribution is -0.130. The average molecular weight is 345 g/mol. The number of carbonyl (C=O) groups is 1. The minimum absolute atomic E-state index is 0.214. The summed E-state index contributed by atoms with van der Waals surface area (Å²) in [6, 6.07) is 4.87. The third-order valence-corrected chi connectivity index (χ3v) is 6.07. The highest BCUT2D eigenvalue weighted by atomic mass is 32.1. The summed E-state index contributed by atoms with van der Waals surface area (Å²) in [6.45, 7) is 4.50. The molecule has 0 N–H and O–H groups in total. The third kappa shape index (κ3) is 3.00. The minimum Gasteiger partial charge on any atom is -0.444 e. The second-order valence-corrected chi connectivity index (χ2v) is 7.67. The van der Waals surface area contributed by atoms with E-state index in [9.17, 15) is 4.79 Å². The zero-order valence-corrected chi connectivity index (χ0v) is 14.8. The summed E-state index contributed by atoms with van der Waals surface area (Å²) in [5.74, 6) is 0.924. The summed E-state index contributed by atoms with van der Waals surface area (Å²) in [6.07, 6.45) is 6.40. The van der Waals surface area contributed by atoms with Crippen molar-refractivity contribution in [1.29, 1.82) is 0 Å². The largest absolute Gasteiger partial charge is 0.444 e. The molecule has 5 nitrogen and oxygen atoms in total. The molecule has 0 saturated carbocycles. The first-order valence-corrected chi connectivity index (χ1v) is 9.60. The van der Waals surface area contributed by atoms with Crippen LogP contribution in [0, 0.1) is 0 Å². The summed E-state index contributed by atoms with van der Waals surface area (Å²) < 4.78 is 5.65. The quantitative estimate of drug-likeness (QED) is 0.852. The number of carbonyl (C=O) groups excluding carboxylic acids is 1. The van der Waals surface area contributed by atoms with Crippen LogP contribution in [-0.4, -0.2) is 45.9 Å². The number of amides is 1. The maximum absolute atomic E-state index is 11.9. The molecular weight excluding hydrogens is 322 g/mol. The van der Waals surface area contributed by atoms with Gasteiger partial charge in [-0.1, -0.05) is 6.07 Å². The van der Waals surface area contributed by atoms with Gasteiger partial charge in [0.15, 0.2) is 0 Å². The van der Waals surface area contributed by atoms with Gasteiger partial charge >= 0.3 is 0 Å². The van der Waals surface area contributed by atoms with Crippen LogP contribution in [0.4, 0.5) is 0 Å². The van der Waals surface area contributed by atoms with Crippen molar-refractivity contribution in [2.75, 3.05) is 13.1 Å². The van der Waals surface area contributed by atoms with Crippen LogP contribution in [0.25, 0.3) is 10.8 Å². The predicted molar refractivity (Wildman–Crippen MR) is 93.7 cm³/mol. The van der Waals surface area contributed by atoms with Crippen LogP contribution >= 0.6 is 11.3 Å². The minimum atomic E-state index is 0.214. The van der Waals surface area contributed by atoms with Crippen molar-refractivity contribution in [3.05, 3.63) is 29.5 Å². The van der Waals surface area contributed by atoms with Gasteiger partial charge in [-0.2, -0.15) is 0 Å². The van der Waals surface area contributed by atoms with Crippen molar-refractivity contribution in [2.45, 2.75) is 51.2 Å². The molecule has 6 heteroatoms. The summed E-state index contributed by atoms with van der Waals surface area (Å²) in [4.78, 5) is 22.2. The maximum atomic E-state index is 11.9. The van der Waals surface area contributed by atoms with E-state index in [-0.39, 0.29) is 5.91 Å². The molecule has 2 aliphatic heterocycles. The Hall–Kier alpha value is -1.66. The number of nitrogens with zero attached hydrogens (tertiary/aromatic N) is 3. The molecule has 2 aliphatic rings. The lowest BCUT2D eigenvalue weighted by Gasteiger charge is -2.34. The topological polar surface area (TPSA) is 49.6 Å². The summed E-state index contributed by atoms with van der Waals surface area (Å²) in [5, 5.41) is 2.03. The number of hydrogen-bond donors (Lipinski definition) is 0. The van der Waals surface area contributed by atoms with E-state index >= 15 is 0 Å². The predicted octanol–water partition coefficient (Wildman–Crippen LogP) is 3.38. The van der Waals surface area contributed by atoms with Crippen molar-refractivity contribution in [3.8, 4) is 10.8 Å². The molecule has 0 aliphatic carbocycles. The highest BCUT2D eigenvalue weighted by molar-refractivity contribution is 7.13. The molecule has 0 unspecified atom stereocenters. The normalized spacial score (nSPS) is 24.8. The van der Waals surface area contributed by atoms with E-state index in [1.54, 1.807) is 24.5 Å². The first-order valence-electron chi connectivity index (χ1n) is 8.72. The zero-order valence-electron chi connectivity index (χ0n) is 14.0. The van der Waals surface area contributed by atoms with Gasteiger partial charge in [-0.3, -0.25) is 9.69 Å². The van der Waals surface area contributed by atoms with Crippen LogP contribution in [0.5, 0.6) is 0 Å². The van der Waals surface area contributed by atoms with Crippen LogP contribution < -0.4 is 0 Å². The molecular formula is C18H23N3O2S. The van der Waals surface area contributed by atoms with E-state index in [4.69, 9.17) is 4.42 Å². The van der Waals surface area contributed by atoms with Gasteiger partial charge in [0.05, 0.1) is 10.6 Å². The summed E-state index contributed by atoms with van der Waals surface area (Å²) in [7, 11) is 0. The van der Waals surface area contributed by atoms with Gasteiger partial charge in [0.2, 0.25) is 11.8 Å². The van der Waals surface area contributed by atoms with E-state index in [0.717, 1.165) is 43.0 Å². The fraction of sp³-hybridized carbons (Fsp3) is 0.556. The van der Waals surface area contributed by atoms with Gasteiger partial charge < -0.3 is 9.32 Å². The molecule has 0 bridgehead atoms. The molecule has 2 fully saturated rings. The number of aromatic nitrogens is 1. The fourth-order valence-electron chi connectivity index (χ4n) is 4.17. The molecule has 2 saturated heterocycles. The molecule has 1 amide bonds. The molecule has 2 aromatic heterocycles. The van der Waals surface area contributed by atoms with Crippen molar-refractivity contribution in [2.24, 2.45) is 0 Å². The lowest BCUT2D eigenvalue weighted by atomic mass is 10.0. The van der Waals surface area contributed by atoms with Gasteiger partial charge in [-0.05, 0) is 43.7 Å². The molecule has 0 radical (unpaired) electrons. The van der Waals surface area contributed by atoms with Gasteiger partial charge in [0.25, 0.3) is 0 Å². The van der Waals surface area contributed by atoms with Gasteiger partial charge in [-0.15, -0.1) is 11.3 Å². The summed E-state index contributed by atoms with van der Waals surface area (Å²) in [5.41, 5.74) is 0.984. The zero-order chi connectivity index (χ0) is 16.5. The Kier molecular flexibility index (Phi) is 4.41. The van der Waals surface area contributed by atoms with E-state index in [1.165, 1.54) is 12.8 Å². The second-order valence-electron chi connectivity index (χ2n) is 6.72. The second kappa shape index (κ2) is 6.69. The van der Waals surface area contributed by atoms with E-state index in [0.29, 0.717) is 18.0 Å². The van der Waals surface area contributed by atoms with E-state index in [1.807, 2.05) is 17.5 Å². The SMILES string of the molecule is CC(=O)N1CCC[C@H]1[C@@H]1CCCN1Cc1coc(-c2cccs2)n1. The van der Waals surface area contributed by atoms with Gasteiger partial charge in [-0.25, -0.2) is 4.98 Å². The Morgan fingerprint density at radius 2 is 2.17 bits per heavy atom. The Labute approximate surface area is 146 Å². The molecule has 0 aromatic carbocycles. The Morgan fingerprint density at radius 1 is 1.33 bits per heavy atom. The Balaban J connectivity index is 1.47. The standard InChI is InChI=1S/C18H23N3O2S/c1-13(22)21-9-3-6-16(21)15-5-2-8-20(15)11-14-12-23-18(19-14)17-7-4-10-24-17/h4,7,10,12,15-16H,2-3,5-6,8-9,11H2,1H3/t15-,16-/m0/s1. The van der Waals surface area contributed by atoms with Crippen LogP contribution in [0.3, 0.4) is 0 Å². The monoisotopic (exact) mass is 345 g/mol. The van der Waals surface area contributed by atoms with E-state index in [2.05, 4.69) is 14.8 Å². The number of likely N-dealkylation sites (tertiary alicyclic amines) is 2. The number of rotatable bonds is 4. The maximum Gasteiger partial charge on any atom is 0.236 e. The van der Waals surface area contributed by atoms with Gasteiger partial charge in [0, 0.05) is 32.1 Å². The van der Waals surface area contributed by atoms with Crippen LogP contribution in [0.2, 0.25) is 0 Å². The molecule has 4 heterocycles. The molecule has 2 atom stereocenters. The van der Waals surface area contributed by atoms with E-state index < -0.39 is 0 Å². The lowest BCUT2D eigenvalue weighted by Crippen LogP contribution is -2.47. The average Bonchev–Trinajstić information content (AvgIpc) is 3.35. The molecule has 2 aromatic rings. The first-order chi connectivity index (χ1) is 11.7. The molecule has 0 spiro atoms. The highest BCUT2D eigenvalue weighted by Crippen LogP contribution is 2.31. The number of oxazole rings is 1. The van der Waals surface area contributed by atoms with Crippen molar-refractivity contribution in [1.82, 2.24) is 14.8 Å². The van der Waals surface area contributed by atoms with Crippen molar-refractivity contribution >= 4 is 17.2 Å². The first kappa shape index (κ1) is 15.8. The van der Waals surface area contributed by atoms with Gasteiger partial charge in [0.1, 0.15) is 6.26 Å². The molecule has 128 valence electrons. The highest BCUT2D eigenvalue weighted by Gasteiger charge is 2.38. The Bertz CT molecular complexity index is 697. The third-order valence-electron chi connectivity index (χ3n) is 5.21. The number of thiophene rings is 1. The van der Waals surface area contributed by atoms with Crippen molar-refractivity contribution < 1.29 is 9.21 Å². The Morgan fingerprint density at radius 3 is 2.96 bits per heavy atom. The number of hydrogen-bond acceptors (Lipinski definition) is 5. The molecule has 24 heavy (non-hydrogen) atoms. The fourth-order valence-corrected chi connectivity index (χ4v) is 4.82. The summed E-state index contributed by atoms with van der Waals surface area (Å²) >= 11 is 1.64. The van der Waals surface area contributed by atoms with Crippen LogP contribution in [0.1, 0.15) is 38.3 Å².